The van der Waals surface area contributed by atoms with Crippen LogP contribution in [-0.4, -0.2) is 89.2 Å². The Morgan fingerprint density at radius 2 is 1.76 bits per heavy atom. The maximum Gasteiger partial charge on any atom is 0.255 e. The molecule has 1 aromatic carbocycles. The maximum absolute atomic E-state index is 14.1. The number of aromatic hydroxyl groups is 1. The van der Waals surface area contributed by atoms with Crippen LogP contribution in [0.4, 0.5) is 5.69 Å². The molecule has 7 N–H and O–H groups in total. The third-order valence-corrected chi connectivity index (χ3v) is 9.73. The number of likely N-dealkylation sites (N-methyl/N-ethyl adjacent to an activating group) is 1. The van der Waals surface area contributed by atoms with Gasteiger partial charge in [0.2, 0.25) is 5.78 Å². The molecule has 1 aromatic rings. The lowest BCUT2D eigenvalue weighted by Crippen LogP contribution is -2.65. The van der Waals surface area contributed by atoms with E-state index >= 15 is 0 Å². The van der Waals surface area contributed by atoms with Crippen LogP contribution >= 0.6 is 0 Å². The number of nitrogens with two attached hydrogens (primary N) is 1. The van der Waals surface area contributed by atoms with Gasteiger partial charge in [0.1, 0.15) is 22.8 Å². The predicted molar refractivity (Wildman–Crippen MR) is 157 cm³/mol. The van der Waals surface area contributed by atoms with Crippen molar-refractivity contribution in [2.24, 2.45) is 23.5 Å². The third-order valence-electron chi connectivity index (χ3n) is 9.73. The first-order chi connectivity index (χ1) is 19.8. The lowest BCUT2D eigenvalue weighted by Gasteiger charge is -2.50. The molecule has 5 rings (SSSR count). The lowest BCUT2D eigenvalue weighted by molar-refractivity contribution is -0.153. The van der Waals surface area contributed by atoms with Crippen LogP contribution in [0.1, 0.15) is 55.2 Å². The molecule has 4 atom stereocenters. The Labute approximate surface area is 245 Å². The third kappa shape index (κ3) is 4.58. The van der Waals surface area contributed by atoms with Crippen molar-refractivity contribution in [1.29, 1.82) is 0 Å². The van der Waals surface area contributed by atoms with Gasteiger partial charge >= 0.3 is 0 Å². The molecule has 11 heteroatoms. The normalized spacial score (nSPS) is 28.1. The predicted octanol–water partition coefficient (Wildman–Crippen LogP) is 1.70. The fourth-order valence-corrected chi connectivity index (χ4v) is 7.68. The van der Waals surface area contributed by atoms with Crippen molar-refractivity contribution in [3.8, 4) is 5.75 Å². The number of primary amides is 1. The van der Waals surface area contributed by atoms with Gasteiger partial charge in [-0.1, -0.05) is 19.3 Å². The molecule has 0 saturated heterocycles. The number of phenols is 1. The van der Waals surface area contributed by atoms with Gasteiger partial charge in [0, 0.05) is 43.4 Å². The van der Waals surface area contributed by atoms with Gasteiger partial charge in [0.25, 0.3) is 5.91 Å². The van der Waals surface area contributed by atoms with E-state index in [-0.39, 0.29) is 29.7 Å². The fraction of sp³-hybridized carbons (Fsp3) is 0.581. The number of carbonyl (C=O) groups is 3. The molecule has 0 heterocycles. The number of benzene rings is 1. The summed E-state index contributed by atoms with van der Waals surface area (Å²) in [4.78, 5) is 42.9. The summed E-state index contributed by atoms with van der Waals surface area (Å²) in [6.45, 7) is 1.18. The largest absolute Gasteiger partial charge is 0.508 e. The molecule has 228 valence electrons. The van der Waals surface area contributed by atoms with E-state index in [0.717, 1.165) is 12.2 Å². The summed E-state index contributed by atoms with van der Waals surface area (Å²) < 4.78 is 0. The van der Waals surface area contributed by atoms with Crippen LogP contribution in [0.3, 0.4) is 0 Å². The Bertz CT molecular complexity index is 1390. The first-order valence-electron chi connectivity index (χ1n) is 14.7. The molecular formula is C31H42N4O7. The minimum absolute atomic E-state index is 0.0596. The second-order valence-corrected chi connectivity index (χ2v) is 12.7. The number of fused-ring (bicyclic) bond motifs is 3. The molecule has 42 heavy (non-hydrogen) atoms. The van der Waals surface area contributed by atoms with Gasteiger partial charge in [-0.2, -0.15) is 0 Å². The Morgan fingerprint density at radius 3 is 2.36 bits per heavy atom. The second kappa shape index (κ2) is 11.0. The van der Waals surface area contributed by atoms with Crippen molar-refractivity contribution in [1.82, 2.24) is 10.2 Å². The van der Waals surface area contributed by atoms with Crippen LogP contribution < -0.4 is 16.0 Å². The molecule has 2 fully saturated rings. The SMILES string of the molecule is CN(C)c1cc(CNCC2CCCCC2)c(O)c2c1C[C@H]1C[C@H]3[C@H](N(C)C)C(=O)C(C(N)=O)=C(O)[C@@]3(O)C(=O)C1=C2O. The summed E-state index contributed by atoms with van der Waals surface area (Å²) >= 11 is 0. The minimum atomic E-state index is -2.65. The minimum Gasteiger partial charge on any atom is -0.508 e. The molecule has 4 aliphatic carbocycles. The van der Waals surface area contributed by atoms with Crippen molar-refractivity contribution in [2.45, 2.75) is 63.1 Å². The van der Waals surface area contributed by atoms with Crippen LogP contribution in [0, 0.1) is 17.8 Å². The quantitative estimate of drug-likeness (QED) is 0.259. The van der Waals surface area contributed by atoms with Gasteiger partial charge in [-0.3, -0.25) is 19.3 Å². The highest BCUT2D eigenvalue weighted by Gasteiger charge is 2.64. The molecule has 11 nitrogen and oxygen atoms in total. The van der Waals surface area contributed by atoms with Crippen LogP contribution in [0.25, 0.3) is 5.76 Å². The van der Waals surface area contributed by atoms with Gasteiger partial charge in [0.15, 0.2) is 11.4 Å². The van der Waals surface area contributed by atoms with Crippen molar-refractivity contribution in [3.05, 3.63) is 39.7 Å². The number of aliphatic hydroxyl groups excluding tert-OH is 2. The topological polar surface area (TPSA) is 177 Å². The molecule has 0 unspecified atom stereocenters. The second-order valence-electron chi connectivity index (χ2n) is 12.7. The number of Topliss-reactive ketones (excluding diaryl/α,β-unsaturated/α-hetero) is 2. The van der Waals surface area contributed by atoms with Crippen molar-refractivity contribution in [2.75, 3.05) is 39.6 Å². The molecule has 1 amide bonds. The molecule has 0 radical (unpaired) electrons. The number of rotatable bonds is 7. The number of phenolic OH excluding ortho intramolecular Hbond substituents is 1. The Balaban J connectivity index is 1.60. The van der Waals surface area contributed by atoms with Crippen molar-refractivity contribution in [3.63, 3.8) is 0 Å². The Morgan fingerprint density at radius 1 is 1.10 bits per heavy atom. The summed E-state index contributed by atoms with van der Waals surface area (Å²) in [5.74, 6) is -5.87. The number of hydrogen-bond acceptors (Lipinski definition) is 10. The van der Waals surface area contributed by atoms with E-state index in [2.05, 4.69) is 5.32 Å². The van der Waals surface area contributed by atoms with Crippen molar-refractivity contribution < 1.29 is 34.8 Å². The summed E-state index contributed by atoms with van der Waals surface area (Å²) in [6.07, 6.45) is 6.37. The summed E-state index contributed by atoms with van der Waals surface area (Å²) in [5, 5.41) is 49.4. The number of hydrogen-bond donors (Lipinski definition) is 6. The van der Waals surface area contributed by atoms with Gasteiger partial charge in [-0.15, -0.1) is 0 Å². The van der Waals surface area contributed by atoms with Crippen LogP contribution in [0.2, 0.25) is 0 Å². The van der Waals surface area contributed by atoms with Crippen LogP contribution in [0.5, 0.6) is 5.75 Å². The van der Waals surface area contributed by atoms with E-state index in [1.54, 1.807) is 14.1 Å². The number of carbonyl (C=O) groups excluding carboxylic acids is 3. The number of amides is 1. The zero-order chi connectivity index (χ0) is 30.7. The average molecular weight is 583 g/mol. The molecular weight excluding hydrogens is 540 g/mol. The number of ketones is 2. The number of aliphatic hydroxyl groups is 3. The zero-order valence-corrected chi connectivity index (χ0v) is 24.7. The Kier molecular flexibility index (Phi) is 7.88. The average Bonchev–Trinajstić information content (AvgIpc) is 2.92. The maximum atomic E-state index is 14.1. The van der Waals surface area contributed by atoms with Gasteiger partial charge in [-0.25, -0.2) is 0 Å². The highest BCUT2D eigenvalue weighted by Crippen LogP contribution is 2.54. The van der Waals surface area contributed by atoms with E-state index in [1.807, 2.05) is 25.1 Å². The molecule has 0 aliphatic heterocycles. The number of nitrogens with one attached hydrogen (secondary N) is 1. The molecule has 4 aliphatic rings. The highest BCUT2D eigenvalue weighted by molar-refractivity contribution is 6.24. The monoisotopic (exact) mass is 582 g/mol. The van der Waals surface area contributed by atoms with Crippen molar-refractivity contribution >= 4 is 28.9 Å². The van der Waals surface area contributed by atoms with E-state index in [1.165, 1.54) is 37.0 Å². The number of anilines is 1. The fourth-order valence-electron chi connectivity index (χ4n) is 7.68. The molecule has 0 bridgehead atoms. The first-order valence-corrected chi connectivity index (χ1v) is 14.7. The first kappa shape index (κ1) is 30.1. The molecule has 2 saturated carbocycles. The van der Waals surface area contributed by atoms with Gasteiger partial charge < -0.3 is 36.4 Å². The van der Waals surface area contributed by atoms with E-state index < -0.39 is 58.0 Å². The van der Waals surface area contributed by atoms with E-state index in [4.69, 9.17) is 5.73 Å². The van der Waals surface area contributed by atoms with E-state index in [9.17, 15) is 34.8 Å². The summed E-state index contributed by atoms with van der Waals surface area (Å²) in [6, 6.07) is 0.781. The summed E-state index contributed by atoms with van der Waals surface area (Å²) in [5.41, 5.74) is 3.90. The standard InChI is InChI=1S/C31H42N4O7/c1-34(2)20-12-17(14-33-13-15-8-6-5-7-9-15)25(36)22-18(20)10-16-11-19-24(35(3)4)27(38)23(30(32)41)29(40)31(19,42)28(39)21(16)26(22)37/h12,15-16,19,24,33,36-37,40,42H,5-11,13-14H2,1-4H3,(H2,32,41)/t16-,19-,24-,31-/m0/s1. The summed E-state index contributed by atoms with van der Waals surface area (Å²) in [7, 11) is 6.89. The Hall–Kier alpha value is -3.41. The van der Waals surface area contributed by atoms with Crippen LogP contribution in [0.15, 0.2) is 23.0 Å². The molecule has 0 spiro atoms. The highest BCUT2D eigenvalue weighted by atomic mass is 16.3. The number of nitrogens with zero attached hydrogens (tertiary/aromatic N) is 2. The lowest BCUT2D eigenvalue weighted by atomic mass is 9.57. The van der Waals surface area contributed by atoms with Crippen LogP contribution in [-0.2, 0) is 27.3 Å². The zero-order valence-electron chi connectivity index (χ0n) is 24.7. The molecule has 0 aromatic heterocycles. The van der Waals surface area contributed by atoms with Gasteiger partial charge in [-0.05, 0) is 69.8 Å². The van der Waals surface area contributed by atoms with E-state index in [0.29, 0.717) is 23.6 Å². The smallest absolute Gasteiger partial charge is 0.255 e. The van der Waals surface area contributed by atoms with Gasteiger partial charge in [0.05, 0.1) is 11.6 Å².